The average molecular weight is 245 g/mol. The molecule has 0 aromatic heterocycles. The van der Waals surface area contributed by atoms with Gasteiger partial charge in [-0.3, -0.25) is 16.0 Å². The highest BCUT2D eigenvalue weighted by Crippen LogP contribution is 2.02. The van der Waals surface area contributed by atoms with Gasteiger partial charge < -0.3 is 0 Å². The van der Waals surface area contributed by atoms with E-state index in [2.05, 4.69) is 60.8 Å². The zero-order valence-electron chi connectivity index (χ0n) is 12.4. The summed E-state index contributed by atoms with van der Waals surface area (Å²) in [6, 6.07) is 0. The molecule has 0 rings (SSSR count). The van der Waals surface area contributed by atoms with E-state index < -0.39 is 0 Å². The maximum Gasteiger partial charge on any atom is 0.137 e. The monoisotopic (exact) mass is 245 g/mol. The normalized spacial score (nSPS) is 15.5. The molecule has 5 nitrogen and oxygen atoms in total. The van der Waals surface area contributed by atoms with Crippen LogP contribution in [-0.4, -0.2) is 63.1 Å². The third kappa shape index (κ3) is 5.79. The van der Waals surface area contributed by atoms with Gasteiger partial charge >= 0.3 is 0 Å². The van der Waals surface area contributed by atoms with Crippen LogP contribution >= 0.6 is 0 Å². The van der Waals surface area contributed by atoms with Gasteiger partial charge in [0.2, 0.25) is 0 Å². The Morgan fingerprint density at radius 2 is 1.71 bits per heavy atom. The van der Waals surface area contributed by atoms with Gasteiger partial charge in [-0.25, -0.2) is 10.0 Å². The third-order valence-corrected chi connectivity index (χ3v) is 2.93. The van der Waals surface area contributed by atoms with Crippen molar-refractivity contribution in [2.24, 2.45) is 0 Å². The Morgan fingerprint density at radius 3 is 2.06 bits per heavy atom. The Bertz CT molecular complexity index is 186. The van der Waals surface area contributed by atoms with Gasteiger partial charge in [-0.1, -0.05) is 20.8 Å². The number of nitrogens with zero attached hydrogens (tertiary/aromatic N) is 2. The molecule has 104 valence electrons. The quantitative estimate of drug-likeness (QED) is 0.381. The lowest BCUT2D eigenvalue weighted by Gasteiger charge is -2.41. The molecule has 0 aromatic rings. The SMILES string of the molecule is CCCNC(CN(CC)N(C)C)(NC)NCC. The molecule has 0 aliphatic heterocycles. The standard InChI is InChI=1S/C12H31N5/c1-7-10-15-12(13-4,14-8-2)11-17(9-3)16(5)6/h13-15H,7-11H2,1-6H3. The number of hydrogen-bond donors (Lipinski definition) is 3. The molecule has 0 fully saturated rings. The highest BCUT2D eigenvalue weighted by molar-refractivity contribution is 4.83. The zero-order valence-corrected chi connectivity index (χ0v) is 12.4. The fraction of sp³-hybridized carbons (Fsp3) is 1.00. The smallest absolute Gasteiger partial charge is 0.137 e. The topological polar surface area (TPSA) is 42.6 Å². The molecule has 0 amide bonds. The van der Waals surface area contributed by atoms with Crippen LogP contribution in [0.5, 0.6) is 0 Å². The fourth-order valence-electron chi connectivity index (χ4n) is 1.88. The first-order valence-electron chi connectivity index (χ1n) is 6.66. The van der Waals surface area contributed by atoms with Crippen molar-refractivity contribution < 1.29 is 0 Å². The summed E-state index contributed by atoms with van der Waals surface area (Å²) in [6.45, 7) is 10.3. The molecule has 17 heavy (non-hydrogen) atoms. The fourth-order valence-corrected chi connectivity index (χ4v) is 1.88. The van der Waals surface area contributed by atoms with E-state index in [-0.39, 0.29) is 5.79 Å². The number of rotatable bonds is 10. The lowest BCUT2D eigenvalue weighted by molar-refractivity contribution is -0.0135. The maximum absolute atomic E-state index is 3.56. The van der Waals surface area contributed by atoms with Crippen molar-refractivity contribution in [3.8, 4) is 0 Å². The summed E-state index contributed by atoms with van der Waals surface area (Å²) < 4.78 is 0. The van der Waals surface area contributed by atoms with Crippen molar-refractivity contribution >= 4 is 0 Å². The molecule has 1 unspecified atom stereocenters. The first-order valence-corrected chi connectivity index (χ1v) is 6.66. The molecule has 5 heteroatoms. The van der Waals surface area contributed by atoms with Crippen LogP contribution in [-0.2, 0) is 0 Å². The molecule has 1 atom stereocenters. The lowest BCUT2D eigenvalue weighted by Crippen LogP contribution is -2.71. The van der Waals surface area contributed by atoms with E-state index in [1.807, 2.05) is 7.05 Å². The van der Waals surface area contributed by atoms with Gasteiger partial charge in [0, 0.05) is 20.6 Å². The van der Waals surface area contributed by atoms with E-state index in [0.717, 1.165) is 32.6 Å². The minimum absolute atomic E-state index is 0.217. The van der Waals surface area contributed by atoms with E-state index in [1.54, 1.807) is 0 Å². The van der Waals surface area contributed by atoms with Crippen LogP contribution in [0.25, 0.3) is 0 Å². The van der Waals surface area contributed by atoms with Crippen molar-refractivity contribution in [1.29, 1.82) is 0 Å². The molecule has 0 aliphatic rings. The molecule has 0 heterocycles. The largest absolute Gasteiger partial charge is 0.289 e. The van der Waals surface area contributed by atoms with Crippen LogP contribution in [0.2, 0.25) is 0 Å². The molecular weight excluding hydrogens is 214 g/mol. The summed E-state index contributed by atoms with van der Waals surface area (Å²) in [5.41, 5.74) is 0. The van der Waals surface area contributed by atoms with Crippen LogP contribution in [0.1, 0.15) is 27.2 Å². The summed E-state index contributed by atoms with van der Waals surface area (Å²) in [6.07, 6.45) is 1.13. The van der Waals surface area contributed by atoms with Gasteiger partial charge in [0.05, 0.1) is 6.54 Å². The van der Waals surface area contributed by atoms with Crippen LogP contribution in [0.4, 0.5) is 0 Å². The van der Waals surface area contributed by atoms with Crippen molar-refractivity contribution in [3.63, 3.8) is 0 Å². The first-order chi connectivity index (χ1) is 8.05. The van der Waals surface area contributed by atoms with E-state index >= 15 is 0 Å². The second-order valence-electron chi connectivity index (χ2n) is 4.44. The van der Waals surface area contributed by atoms with Crippen molar-refractivity contribution in [2.45, 2.75) is 33.0 Å². The van der Waals surface area contributed by atoms with Gasteiger partial charge in [-0.15, -0.1) is 0 Å². The first kappa shape index (κ1) is 16.8. The molecule has 0 bridgehead atoms. The third-order valence-electron chi connectivity index (χ3n) is 2.93. The van der Waals surface area contributed by atoms with Gasteiger partial charge in [0.15, 0.2) is 0 Å². The number of hydrogen-bond acceptors (Lipinski definition) is 5. The van der Waals surface area contributed by atoms with Crippen LogP contribution < -0.4 is 16.0 Å². The Morgan fingerprint density at radius 1 is 1.06 bits per heavy atom. The molecule has 0 spiro atoms. The minimum atomic E-state index is -0.217. The molecule has 0 aromatic carbocycles. The Kier molecular flexibility index (Phi) is 8.72. The Hall–Kier alpha value is -0.200. The van der Waals surface area contributed by atoms with Crippen molar-refractivity contribution in [2.75, 3.05) is 47.3 Å². The summed E-state index contributed by atoms with van der Waals surface area (Å²) in [5.74, 6) is -0.217. The number of hydrazine groups is 1. The predicted molar refractivity (Wildman–Crippen MR) is 74.7 cm³/mol. The van der Waals surface area contributed by atoms with Crippen LogP contribution in [0, 0.1) is 0 Å². The Balaban J connectivity index is 4.62. The summed E-state index contributed by atoms with van der Waals surface area (Å²) in [4.78, 5) is 0. The second-order valence-corrected chi connectivity index (χ2v) is 4.44. The highest BCUT2D eigenvalue weighted by Gasteiger charge is 2.28. The maximum atomic E-state index is 3.56. The van der Waals surface area contributed by atoms with Crippen LogP contribution in [0.3, 0.4) is 0 Å². The van der Waals surface area contributed by atoms with Crippen molar-refractivity contribution in [1.82, 2.24) is 26.0 Å². The van der Waals surface area contributed by atoms with E-state index in [1.165, 1.54) is 0 Å². The van der Waals surface area contributed by atoms with Gasteiger partial charge in [-0.2, -0.15) is 0 Å². The lowest BCUT2D eigenvalue weighted by atomic mass is 10.3. The van der Waals surface area contributed by atoms with Crippen molar-refractivity contribution in [3.05, 3.63) is 0 Å². The predicted octanol–water partition coefficient (Wildman–Crippen LogP) is 0.267. The van der Waals surface area contributed by atoms with Gasteiger partial charge in [0.25, 0.3) is 0 Å². The number of likely N-dealkylation sites (N-methyl/N-ethyl adjacent to an activating group) is 3. The molecule has 0 radical (unpaired) electrons. The van der Waals surface area contributed by atoms with E-state index in [9.17, 15) is 0 Å². The molecule has 0 saturated heterocycles. The molecular formula is C12H31N5. The second kappa shape index (κ2) is 8.83. The molecule has 3 N–H and O–H groups in total. The minimum Gasteiger partial charge on any atom is -0.289 e. The molecule has 0 aliphatic carbocycles. The highest BCUT2D eigenvalue weighted by atomic mass is 15.6. The number of nitrogens with one attached hydrogen (secondary N) is 3. The van der Waals surface area contributed by atoms with Gasteiger partial charge in [-0.05, 0) is 26.6 Å². The van der Waals surface area contributed by atoms with Crippen LogP contribution in [0.15, 0.2) is 0 Å². The van der Waals surface area contributed by atoms with Gasteiger partial charge in [0.1, 0.15) is 5.79 Å². The Labute approximate surface area is 107 Å². The van der Waals surface area contributed by atoms with E-state index in [4.69, 9.17) is 0 Å². The molecule has 0 saturated carbocycles. The summed E-state index contributed by atoms with van der Waals surface area (Å²) in [5, 5.41) is 14.9. The summed E-state index contributed by atoms with van der Waals surface area (Å²) >= 11 is 0. The summed E-state index contributed by atoms with van der Waals surface area (Å²) in [7, 11) is 6.15. The van der Waals surface area contributed by atoms with E-state index in [0.29, 0.717) is 0 Å². The zero-order chi connectivity index (χ0) is 13.3. The average Bonchev–Trinajstić information content (AvgIpc) is 2.32.